The fourth-order valence-corrected chi connectivity index (χ4v) is 0. The van der Waals surface area contributed by atoms with E-state index >= 15 is 0 Å². The SMILES string of the molecule is CC[B]F.O.O.[H-].[K+]. The molecule has 0 saturated carbocycles. The Labute approximate surface area is 87.7 Å². The van der Waals surface area contributed by atoms with Crippen LogP contribution in [0.4, 0.5) is 4.32 Å². The maximum absolute atomic E-state index is 10.6. The van der Waals surface area contributed by atoms with E-state index in [4.69, 9.17) is 0 Å². The third kappa shape index (κ3) is 35.8. The molecule has 1 radical (unpaired) electrons. The summed E-state index contributed by atoms with van der Waals surface area (Å²) >= 11 is 0. The van der Waals surface area contributed by atoms with Crippen molar-refractivity contribution in [1.29, 1.82) is 0 Å². The Morgan fingerprint density at radius 3 is 1.71 bits per heavy atom. The summed E-state index contributed by atoms with van der Waals surface area (Å²) in [6, 6.07) is 0. The number of rotatable bonds is 1. The molecule has 0 aromatic heterocycles. The average molecular weight is 135 g/mol. The zero-order valence-electron chi connectivity index (χ0n) is 5.66. The third-order valence-electron chi connectivity index (χ3n) is 0.154. The van der Waals surface area contributed by atoms with Crippen LogP contribution in [0.2, 0.25) is 6.32 Å². The summed E-state index contributed by atoms with van der Waals surface area (Å²) in [7, 11) is 0.625. The van der Waals surface area contributed by atoms with Crippen molar-refractivity contribution in [3.63, 3.8) is 0 Å². The largest absolute Gasteiger partial charge is 1.00 e. The van der Waals surface area contributed by atoms with E-state index in [2.05, 4.69) is 0 Å². The molecule has 5 heteroatoms. The minimum Gasteiger partial charge on any atom is -1.00 e. The number of halogens is 1. The van der Waals surface area contributed by atoms with Gasteiger partial charge in [0.1, 0.15) is 0 Å². The van der Waals surface area contributed by atoms with Gasteiger partial charge in [0.2, 0.25) is 0 Å². The first-order valence-electron chi connectivity index (χ1n) is 1.33. The van der Waals surface area contributed by atoms with Crippen LogP contribution in [-0.2, 0) is 0 Å². The van der Waals surface area contributed by atoms with Gasteiger partial charge in [-0.25, -0.2) is 0 Å². The van der Waals surface area contributed by atoms with Crippen molar-refractivity contribution < 1.29 is 68.1 Å². The first-order chi connectivity index (χ1) is 1.91. The minimum absolute atomic E-state index is 0. The Balaban J connectivity index is -0.00000000750. The van der Waals surface area contributed by atoms with Gasteiger partial charge in [-0.3, -0.25) is 0 Å². The van der Waals surface area contributed by atoms with Crippen molar-refractivity contribution in [2.24, 2.45) is 0 Å². The van der Waals surface area contributed by atoms with Crippen LogP contribution >= 0.6 is 0 Å². The fraction of sp³-hybridized carbons (Fsp3) is 1.00. The van der Waals surface area contributed by atoms with Gasteiger partial charge in [0, 0.05) is 0 Å². The molecule has 4 N–H and O–H groups in total. The second kappa shape index (κ2) is 25.7. The molecule has 0 amide bonds. The van der Waals surface area contributed by atoms with Crippen LogP contribution in [0.5, 0.6) is 0 Å². The molecule has 0 aliphatic carbocycles. The van der Waals surface area contributed by atoms with Gasteiger partial charge in [-0.05, 0) is 6.32 Å². The minimum atomic E-state index is 0. The van der Waals surface area contributed by atoms with Crippen LogP contribution in [0.15, 0.2) is 0 Å². The van der Waals surface area contributed by atoms with Crippen molar-refractivity contribution in [1.82, 2.24) is 0 Å². The van der Waals surface area contributed by atoms with Crippen molar-refractivity contribution in [3.8, 4) is 0 Å². The quantitative estimate of drug-likeness (QED) is 0.334. The molecule has 0 fully saturated rings. The molecule has 0 atom stereocenters. The molecule has 0 aromatic rings. The van der Waals surface area contributed by atoms with Gasteiger partial charge in [0.15, 0.2) is 0 Å². The van der Waals surface area contributed by atoms with E-state index in [-0.39, 0.29) is 63.8 Å². The predicted molar refractivity (Wildman–Crippen MR) is 25.7 cm³/mol. The van der Waals surface area contributed by atoms with E-state index in [1.54, 1.807) is 6.92 Å². The number of hydrogen-bond donors (Lipinski definition) is 0. The monoisotopic (exact) mass is 135 g/mol. The predicted octanol–water partition coefficient (Wildman–Crippen LogP) is -3.52. The summed E-state index contributed by atoms with van der Waals surface area (Å²) in [4.78, 5) is 0. The Morgan fingerprint density at radius 1 is 1.57 bits per heavy atom. The topological polar surface area (TPSA) is 63.0 Å². The summed E-state index contributed by atoms with van der Waals surface area (Å²) < 4.78 is 10.6. The zero-order valence-corrected chi connectivity index (χ0v) is 7.79. The van der Waals surface area contributed by atoms with Gasteiger partial charge in [0.25, 0.3) is 0 Å². The first-order valence-corrected chi connectivity index (χ1v) is 1.33. The molecule has 41 valence electrons. The van der Waals surface area contributed by atoms with E-state index < -0.39 is 0 Å². The van der Waals surface area contributed by atoms with Gasteiger partial charge < -0.3 is 16.7 Å². The average Bonchev–Trinajstić information content (AvgIpc) is 1.37. The zero-order chi connectivity index (χ0) is 3.41. The molecule has 7 heavy (non-hydrogen) atoms. The summed E-state index contributed by atoms with van der Waals surface area (Å²) in [5.74, 6) is 0. The molecular formula is C2H10BFKO2. The van der Waals surface area contributed by atoms with Gasteiger partial charge in [0.05, 0.1) is 0 Å². The van der Waals surface area contributed by atoms with Gasteiger partial charge >= 0.3 is 58.9 Å². The molecule has 0 heterocycles. The molecule has 2 nitrogen and oxygen atoms in total. The van der Waals surface area contributed by atoms with E-state index in [1.807, 2.05) is 0 Å². The molecular weight excluding hydrogens is 125 g/mol. The van der Waals surface area contributed by atoms with Crippen LogP contribution in [0.25, 0.3) is 0 Å². The maximum atomic E-state index is 10.6. The molecule has 0 spiro atoms. The van der Waals surface area contributed by atoms with Gasteiger partial charge in [-0.15, -0.1) is 0 Å². The smallest absolute Gasteiger partial charge is 1.00 e. The van der Waals surface area contributed by atoms with E-state index in [0.29, 0.717) is 13.9 Å². The van der Waals surface area contributed by atoms with Gasteiger partial charge in [-0.1, -0.05) is 6.92 Å². The molecule has 0 rings (SSSR count). The maximum Gasteiger partial charge on any atom is 1.00 e. The second-order valence-corrected chi connectivity index (χ2v) is 0.563. The van der Waals surface area contributed by atoms with Crippen LogP contribution in [0, 0.1) is 0 Å². The van der Waals surface area contributed by atoms with Crippen LogP contribution in [0.3, 0.4) is 0 Å². The third-order valence-corrected chi connectivity index (χ3v) is 0.154. The van der Waals surface area contributed by atoms with Crippen LogP contribution in [-0.4, -0.2) is 18.5 Å². The summed E-state index contributed by atoms with van der Waals surface area (Å²) in [6.45, 7) is 1.75. The number of hydrogen-bond acceptors (Lipinski definition) is 0. The standard InChI is InChI=1S/C2H5BF.K.2H2O.H/c1-2-3-4;;;;/h2H2,1H3;;2*1H2;/q;+1;;;-1. The second-order valence-electron chi connectivity index (χ2n) is 0.563. The Bertz CT molecular complexity index is 22.0. The summed E-state index contributed by atoms with van der Waals surface area (Å²) in [5, 5.41) is 0. The van der Waals surface area contributed by atoms with Crippen LogP contribution < -0.4 is 51.4 Å². The summed E-state index contributed by atoms with van der Waals surface area (Å²) in [6.07, 6.45) is 0.528. The molecule has 0 saturated heterocycles. The summed E-state index contributed by atoms with van der Waals surface area (Å²) in [5.41, 5.74) is 0. The normalized spacial score (nSPS) is 3.71. The molecule has 0 aromatic carbocycles. The van der Waals surface area contributed by atoms with Crippen LogP contribution in [0.1, 0.15) is 8.35 Å². The van der Waals surface area contributed by atoms with E-state index in [9.17, 15) is 4.32 Å². The van der Waals surface area contributed by atoms with Crippen molar-refractivity contribution >= 4 is 7.56 Å². The molecule has 0 unspecified atom stereocenters. The Hall–Kier alpha value is 1.55. The first kappa shape index (κ1) is 23.5. The van der Waals surface area contributed by atoms with Crippen molar-refractivity contribution in [2.45, 2.75) is 13.2 Å². The van der Waals surface area contributed by atoms with Gasteiger partial charge in [-0.2, -0.15) is 0 Å². The van der Waals surface area contributed by atoms with E-state index in [0.717, 1.165) is 0 Å². The van der Waals surface area contributed by atoms with Crippen molar-refractivity contribution in [2.75, 3.05) is 0 Å². The van der Waals surface area contributed by atoms with E-state index in [1.165, 1.54) is 0 Å². The molecule has 0 aliphatic rings. The fourth-order valence-electron chi connectivity index (χ4n) is 0. The molecule has 0 aliphatic heterocycles. The Morgan fingerprint density at radius 2 is 1.71 bits per heavy atom. The van der Waals surface area contributed by atoms with Crippen molar-refractivity contribution in [3.05, 3.63) is 0 Å². The molecule has 0 bridgehead atoms. The Kier molecular flexibility index (Phi) is 86.4.